The van der Waals surface area contributed by atoms with E-state index in [4.69, 9.17) is 23.7 Å². The lowest BCUT2D eigenvalue weighted by Gasteiger charge is -2.42. The van der Waals surface area contributed by atoms with Crippen molar-refractivity contribution < 1.29 is 28.5 Å². The molecule has 0 radical (unpaired) electrons. The van der Waals surface area contributed by atoms with Crippen molar-refractivity contribution in [3.8, 4) is 17.2 Å². The number of carbonyl (C=O) groups excluding carboxylic acids is 1. The lowest BCUT2D eigenvalue weighted by atomic mass is 9.99. The van der Waals surface area contributed by atoms with Gasteiger partial charge in [-0.1, -0.05) is 0 Å². The average molecular weight is 390 g/mol. The highest BCUT2D eigenvalue weighted by Gasteiger charge is 2.44. The summed E-state index contributed by atoms with van der Waals surface area (Å²) in [4.78, 5) is 18.3. The van der Waals surface area contributed by atoms with Gasteiger partial charge in [-0.3, -0.25) is 4.79 Å². The molecule has 3 heterocycles. The van der Waals surface area contributed by atoms with E-state index in [2.05, 4.69) is 4.98 Å². The lowest BCUT2D eigenvalue weighted by Crippen LogP contribution is -2.57. The molecule has 2 saturated heterocycles. The van der Waals surface area contributed by atoms with Crippen molar-refractivity contribution in [2.75, 3.05) is 47.6 Å². The molecular formula is C20H26N2O6. The van der Waals surface area contributed by atoms with Gasteiger partial charge in [0.1, 0.15) is 17.0 Å². The maximum Gasteiger partial charge on any atom is 0.270 e. The van der Waals surface area contributed by atoms with Crippen LogP contribution in [0, 0.1) is 0 Å². The molecule has 2 aliphatic rings. The first-order valence-electron chi connectivity index (χ1n) is 9.37. The summed E-state index contributed by atoms with van der Waals surface area (Å²) < 4.78 is 28.1. The van der Waals surface area contributed by atoms with Crippen LogP contribution in [0.4, 0.5) is 0 Å². The summed E-state index contributed by atoms with van der Waals surface area (Å²) in [6.07, 6.45) is 0.750. The van der Waals surface area contributed by atoms with Gasteiger partial charge >= 0.3 is 0 Å². The Balaban J connectivity index is 1.71. The molecule has 1 aromatic heterocycles. The Bertz CT molecular complexity index is 886. The molecule has 0 aliphatic carbocycles. The molecule has 1 spiro atoms. The number of nitrogens with zero attached hydrogens (tertiary/aromatic N) is 1. The van der Waals surface area contributed by atoms with E-state index < -0.39 is 5.60 Å². The molecule has 152 valence electrons. The van der Waals surface area contributed by atoms with Gasteiger partial charge in [-0.25, -0.2) is 0 Å². The number of morpholine rings is 1. The SMILES string of the molecule is COc1cc(OC)c2cc(C(=O)N3C[C@@H](C)O[C@@]4(CCOC4)C3)[nH]c2c1OC. The van der Waals surface area contributed by atoms with E-state index in [0.717, 1.165) is 11.8 Å². The molecule has 8 nitrogen and oxygen atoms in total. The lowest BCUT2D eigenvalue weighted by molar-refractivity contribution is -0.138. The Labute approximate surface area is 163 Å². The quantitative estimate of drug-likeness (QED) is 0.862. The number of rotatable bonds is 4. The van der Waals surface area contributed by atoms with E-state index in [-0.39, 0.29) is 12.0 Å². The maximum absolute atomic E-state index is 13.3. The number of fused-ring (bicyclic) bond motifs is 1. The van der Waals surface area contributed by atoms with Crippen LogP contribution in [0.2, 0.25) is 0 Å². The fourth-order valence-electron chi connectivity index (χ4n) is 4.21. The second-order valence-electron chi connectivity index (χ2n) is 7.39. The Kier molecular flexibility index (Phi) is 4.84. The normalized spacial score (nSPS) is 24.7. The third kappa shape index (κ3) is 3.06. The molecule has 2 aliphatic heterocycles. The van der Waals surface area contributed by atoms with E-state index in [1.807, 2.05) is 11.8 Å². The van der Waals surface area contributed by atoms with Crippen molar-refractivity contribution in [3.05, 3.63) is 17.8 Å². The minimum Gasteiger partial charge on any atom is -0.496 e. The fourth-order valence-corrected chi connectivity index (χ4v) is 4.21. The summed E-state index contributed by atoms with van der Waals surface area (Å²) in [6, 6.07) is 3.56. The van der Waals surface area contributed by atoms with Crippen molar-refractivity contribution in [1.29, 1.82) is 0 Å². The van der Waals surface area contributed by atoms with Crippen molar-refractivity contribution in [1.82, 2.24) is 9.88 Å². The summed E-state index contributed by atoms with van der Waals surface area (Å²) in [7, 11) is 4.72. The van der Waals surface area contributed by atoms with Crippen molar-refractivity contribution >= 4 is 16.8 Å². The Morgan fingerprint density at radius 2 is 2.00 bits per heavy atom. The molecule has 0 bridgehead atoms. The number of hydrogen-bond acceptors (Lipinski definition) is 6. The molecule has 1 N–H and O–H groups in total. The Morgan fingerprint density at radius 1 is 1.21 bits per heavy atom. The van der Waals surface area contributed by atoms with Crippen LogP contribution >= 0.6 is 0 Å². The summed E-state index contributed by atoms with van der Waals surface area (Å²) in [6.45, 7) is 4.22. The van der Waals surface area contributed by atoms with Crippen molar-refractivity contribution in [2.45, 2.75) is 25.0 Å². The molecule has 0 saturated carbocycles. The number of methoxy groups -OCH3 is 3. The van der Waals surface area contributed by atoms with Crippen molar-refractivity contribution in [3.63, 3.8) is 0 Å². The highest BCUT2D eigenvalue weighted by molar-refractivity contribution is 6.02. The minimum atomic E-state index is -0.405. The number of benzene rings is 1. The fraction of sp³-hybridized carbons (Fsp3) is 0.550. The van der Waals surface area contributed by atoms with Gasteiger partial charge in [-0.15, -0.1) is 0 Å². The molecule has 2 aromatic rings. The van der Waals surface area contributed by atoms with Gasteiger partial charge in [0.25, 0.3) is 5.91 Å². The third-order valence-corrected chi connectivity index (χ3v) is 5.43. The van der Waals surface area contributed by atoms with Gasteiger partial charge in [0.15, 0.2) is 11.5 Å². The molecule has 2 atom stereocenters. The number of H-pyrrole nitrogens is 1. The first-order chi connectivity index (χ1) is 13.5. The molecule has 4 rings (SSSR count). The second kappa shape index (κ2) is 7.18. The van der Waals surface area contributed by atoms with Gasteiger partial charge in [0.05, 0.1) is 46.1 Å². The number of ether oxygens (including phenoxy) is 5. The van der Waals surface area contributed by atoms with Crippen LogP contribution < -0.4 is 14.2 Å². The van der Waals surface area contributed by atoms with E-state index in [1.54, 1.807) is 33.5 Å². The van der Waals surface area contributed by atoms with Gasteiger partial charge in [-0.2, -0.15) is 0 Å². The second-order valence-corrected chi connectivity index (χ2v) is 7.39. The van der Waals surface area contributed by atoms with Crippen LogP contribution in [-0.2, 0) is 9.47 Å². The zero-order valence-electron chi connectivity index (χ0n) is 16.7. The Morgan fingerprint density at radius 3 is 2.64 bits per heavy atom. The van der Waals surface area contributed by atoms with Gasteiger partial charge in [0, 0.05) is 31.0 Å². The molecule has 2 fully saturated rings. The molecule has 28 heavy (non-hydrogen) atoms. The van der Waals surface area contributed by atoms with Crippen molar-refractivity contribution in [2.24, 2.45) is 0 Å². The topological polar surface area (TPSA) is 82.3 Å². The first kappa shape index (κ1) is 18.9. The molecular weight excluding hydrogens is 364 g/mol. The maximum atomic E-state index is 13.3. The molecule has 0 unspecified atom stereocenters. The summed E-state index contributed by atoms with van der Waals surface area (Å²) >= 11 is 0. The largest absolute Gasteiger partial charge is 0.496 e. The third-order valence-electron chi connectivity index (χ3n) is 5.43. The first-order valence-corrected chi connectivity index (χ1v) is 9.37. The van der Waals surface area contributed by atoms with Crippen LogP contribution in [-0.4, -0.2) is 75.1 Å². The van der Waals surface area contributed by atoms with Crippen LogP contribution in [0.25, 0.3) is 10.9 Å². The standard InChI is InChI=1S/C20H26N2O6/c1-12-9-22(10-20(28-12)5-6-27-11-20)19(23)14-7-13-15(24-2)8-16(25-3)18(26-4)17(13)21-14/h7-8,12,21H,5-6,9-11H2,1-4H3/t12-,20+/m1/s1. The minimum absolute atomic E-state index is 0.0482. The summed E-state index contributed by atoms with van der Waals surface area (Å²) in [5.74, 6) is 1.60. The van der Waals surface area contributed by atoms with Gasteiger partial charge in [0.2, 0.25) is 0 Å². The highest BCUT2D eigenvalue weighted by atomic mass is 16.6. The number of aromatic amines is 1. The number of carbonyl (C=O) groups is 1. The molecule has 1 aromatic carbocycles. The zero-order chi connectivity index (χ0) is 19.9. The van der Waals surface area contributed by atoms with Crippen LogP contribution in [0.5, 0.6) is 17.2 Å². The molecule has 1 amide bonds. The average Bonchev–Trinajstić information content (AvgIpc) is 3.32. The monoisotopic (exact) mass is 390 g/mol. The van der Waals surface area contributed by atoms with E-state index in [0.29, 0.717) is 54.8 Å². The zero-order valence-corrected chi connectivity index (χ0v) is 16.7. The number of aromatic nitrogens is 1. The van der Waals surface area contributed by atoms with Crippen LogP contribution in [0.1, 0.15) is 23.8 Å². The predicted molar refractivity (Wildman–Crippen MR) is 103 cm³/mol. The predicted octanol–water partition coefficient (Wildman–Crippen LogP) is 2.21. The van der Waals surface area contributed by atoms with E-state index in [1.165, 1.54) is 0 Å². The van der Waals surface area contributed by atoms with E-state index >= 15 is 0 Å². The molecule has 8 heteroatoms. The van der Waals surface area contributed by atoms with Gasteiger partial charge < -0.3 is 33.6 Å². The van der Waals surface area contributed by atoms with Gasteiger partial charge in [-0.05, 0) is 13.0 Å². The highest BCUT2D eigenvalue weighted by Crippen LogP contribution is 2.41. The number of amides is 1. The Hall–Kier alpha value is -2.45. The summed E-state index contributed by atoms with van der Waals surface area (Å²) in [5.41, 5.74) is 0.739. The number of hydrogen-bond donors (Lipinski definition) is 1. The number of nitrogens with one attached hydrogen (secondary N) is 1. The smallest absolute Gasteiger partial charge is 0.270 e. The summed E-state index contributed by atoms with van der Waals surface area (Å²) in [5, 5.41) is 0.767. The van der Waals surface area contributed by atoms with Crippen LogP contribution in [0.15, 0.2) is 12.1 Å². The van der Waals surface area contributed by atoms with Crippen LogP contribution in [0.3, 0.4) is 0 Å². The van der Waals surface area contributed by atoms with E-state index in [9.17, 15) is 4.79 Å².